The van der Waals surface area contributed by atoms with E-state index in [0.717, 1.165) is 0 Å². The third-order valence-electron chi connectivity index (χ3n) is 4.07. The molecule has 0 aromatic carbocycles. The minimum atomic E-state index is -4.68. The van der Waals surface area contributed by atoms with Crippen molar-refractivity contribution in [3.05, 3.63) is 36.8 Å². The van der Waals surface area contributed by atoms with Crippen molar-refractivity contribution in [1.29, 1.82) is 0 Å². The van der Waals surface area contributed by atoms with E-state index in [1.807, 2.05) is 5.10 Å². The van der Waals surface area contributed by atoms with Gasteiger partial charge in [-0.2, -0.15) is 18.3 Å². The van der Waals surface area contributed by atoms with Crippen LogP contribution >= 0.6 is 0 Å². The molecule has 29 heavy (non-hydrogen) atoms. The van der Waals surface area contributed by atoms with Crippen LogP contribution in [-0.2, 0) is 6.18 Å². The Hall–Kier alpha value is -3.57. The molecule has 0 unspecified atom stereocenters. The summed E-state index contributed by atoms with van der Waals surface area (Å²) in [6.07, 6.45) is 1.29. The van der Waals surface area contributed by atoms with E-state index in [1.165, 1.54) is 23.3 Å². The van der Waals surface area contributed by atoms with Gasteiger partial charge < -0.3 is 0 Å². The van der Waals surface area contributed by atoms with E-state index in [1.54, 1.807) is 37.4 Å². The Labute approximate surface area is 161 Å². The molecule has 0 saturated carbocycles. The molecule has 4 heterocycles. The smallest absolute Gasteiger partial charge is 0.281 e. The first-order valence-corrected chi connectivity index (χ1v) is 8.48. The number of alkyl halides is 3. The van der Waals surface area contributed by atoms with Gasteiger partial charge in [0.1, 0.15) is 23.4 Å². The van der Waals surface area contributed by atoms with Gasteiger partial charge in [-0.05, 0) is 6.07 Å². The summed E-state index contributed by atoms with van der Waals surface area (Å²) in [4.78, 5) is 28.7. The Morgan fingerprint density at radius 1 is 1.14 bits per heavy atom. The predicted molar refractivity (Wildman–Crippen MR) is 94.7 cm³/mol. The van der Waals surface area contributed by atoms with E-state index in [2.05, 4.69) is 25.0 Å². The lowest BCUT2D eigenvalue weighted by Crippen LogP contribution is -2.25. The molecule has 12 heteroatoms. The average molecular weight is 404 g/mol. The zero-order chi connectivity index (χ0) is 21.0. The Bertz CT molecular complexity index is 1210. The van der Waals surface area contributed by atoms with Crippen LogP contribution < -0.4 is 0 Å². The maximum absolute atomic E-state index is 12.9. The second kappa shape index (κ2) is 6.22. The van der Waals surface area contributed by atoms with Crippen LogP contribution in [0.25, 0.3) is 28.7 Å². The summed E-state index contributed by atoms with van der Waals surface area (Å²) >= 11 is 0. The van der Waals surface area contributed by atoms with Crippen molar-refractivity contribution in [3.63, 3.8) is 0 Å². The molecule has 0 atom stereocenters. The van der Waals surface area contributed by atoms with Gasteiger partial charge in [-0.3, -0.25) is 18.9 Å². The summed E-state index contributed by atoms with van der Waals surface area (Å²) in [5.74, 6) is -1.46. The molecular weight excluding hydrogens is 389 g/mol. The van der Waals surface area contributed by atoms with Crippen molar-refractivity contribution in [3.8, 4) is 22.9 Å². The molecule has 0 bridgehead atoms. The van der Waals surface area contributed by atoms with Gasteiger partial charge in [0.05, 0.1) is 0 Å². The fraction of sp³-hybridized carbons (Fsp3) is 0.294. The van der Waals surface area contributed by atoms with Gasteiger partial charge in [0.2, 0.25) is 23.3 Å². The first kappa shape index (κ1) is 18.8. The van der Waals surface area contributed by atoms with Crippen molar-refractivity contribution >= 4 is 11.7 Å². The molecule has 4 rings (SSSR count). The van der Waals surface area contributed by atoms with Crippen LogP contribution in [0.15, 0.2) is 31.0 Å². The van der Waals surface area contributed by atoms with E-state index in [4.69, 9.17) is 0 Å². The number of carbonyl (C=O) groups is 1. The number of halogens is 3. The monoisotopic (exact) mass is 404 g/mol. The quantitative estimate of drug-likeness (QED) is 0.550. The summed E-state index contributed by atoms with van der Waals surface area (Å²) < 4.78 is 41.6. The zero-order valence-corrected chi connectivity index (χ0v) is 15.6. The molecule has 0 aliphatic carbocycles. The lowest BCUT2D eigenvalue weighted by atomic mass is 9.96. The van der Waals surface area contributed by atoms with Crippen molar-refractivity contribution in [2.24, 2.45) is 5.41 Å². The average Bonchev–Trinajstić information content (AvgIpc) is 3.36. The van der Waals surface area contributed by atoms with Crippen molar-refractivity contribution in [1.82, 2.24) is 39.1 Å². The minimum Gasteiger partial charge on any atom is -0.281 e. The standard InChI is InChI=1S/C17H15F3N8O/c1-16(2,3)14(29)27-7-9(22-8-27)11-10(23-15-21-5-4-6-28(11)15)12-24-13(26-25-12)17(18,19)20/h4-8H,1-3H3,(H,24,25,26). The minimum absolute atomic E-state index is 0.0592. The Morgan fingerprint density at radius 2 is 1.90 bits per heavy atom. The van der Waals surface area contributed by atoms with Gasteiger partial charge in [-0.25, -0.2) is 19.9 Å². The Morgan fingerprint density at radius 3 is 2.55 bits per heavy atom. The van der Waals surface area contributed by atoms with Gasteiger partial charge in [0.15, 0.2) is 0 Å². The molecule has 1 N–H and O–H groups in total. The number of nitrogens with zero attached hydrogens (tertiary/aromatic N) is 7. The fourth-order valence-corrected chi connectivity index (χ4v) is 2.73. The van der Waals surface area contributed by atoms with Crippen LogP contribution in [0.1, 0.15) is 31.4 Å². The number of carbonyl (C=O) groups excluding carboxylic acids is 1. The summed E-state index contributed by atoms with van der Waals surface area (Å²) in [5.41, 5.74) is 0.0503. The Balaban J connectivity index is 1.89. The highest BCUT2D eigenvalue weighted by Crippen LogP contribution is 2.32. The number of hydrogen-bond donors (Lipinski definition) is 1. The molecule has 0 amide bonds. The Kier molecular flexibility index (Phi) is 4.03. The molecule has 0 aliphatic heterocycles. The van der Waals surface area contributed by atoms with Crippen LogP contribution in [0.5, 0.6) is 0 Å². The summed E-state index contributed by atoms with van der Waals surface area (Å²) in [6, 6.07) is 1.64. The van der Waals surface area contributed by atoms with E-state index in [0.29, 0.717) is 11.4 Å². The first-order valence-electron chi connectivity index (χ1n) is 8.48. The van der Waals surface area contributed by atoms with Crippen LogP contribution in [0, 0.1) is 5.41 Å². The van der Waals surface area contributed by atoms with Crippen molar-refractivity contribution in [2.45, 2.75) is 26.9 Å². The number of rotatable bonds is 2. The largest absolute Gasteiger partial charge is 0.451 e. The molecule has 0 aliphatic rings. The van der Waals surface area contributed by atoms with Gasteiger partial charge in [-0.1, -0.05) is 20.8 Å². The maximum Gasteiger partial charge on any atom is 0.451 e. The van der Waals surface area contributed by atoms with Gasteiger partial charge in [0.25, 0.3) is 0 Å². The van der Waals surface area contributed by atoms with Crippen LogP contribution in [0.3, 0.4) is 0 Å². The van der Waals surface area contributed by atoms with E-state index in [-0.39, 0.29) is 23.2 Å². The number of hydrogen-bond acceptors (Lipinski definition) is 6. The number of nitrogens with one attached hydrogen (secondary N) is 1. The molecule has 0 radical (unpaired) electrons. The third-order valence-corrected chi connectivity index (χ3v) is 4.07. The maximum atomic E-state index is 12.9. The molecule has 0 saturated heterocycles. The molecule has 4 aromatic rings. The van der Waals surface area contributed by atoms with E-state index in [9.17, 15) is 18.0 Å². The molecule has 4 aromatic heterocycles. The number of aromatic nitrogens is 8. The zero-order valence-electron chi connectivity index (χ0n) is 15.6. The molecule has 150 valence electrons. The molecule has 0 spiro atoms. The summed E-state index contributed by atoms with van der Waals surface area (Å²) in [6.45, 7) is 5.31. The lowest BCUT2D eigenvalue weighted by molar-refractivity contribution is -0.144. The van der Waals surface area contributed by atoms with E-state index >= 15 is 0 Å². The highest BCUT2D eigenvalue weighted by Gasteiger charge is 2.36. The molecular formula is C17H15F3N8O. The number of imidazole rings is 2. The van der Waals surface area contributed by atoms with Crippen molar-refractivity contribution in [2.75, 3.05) is 0 Å². The number of fused-ring (bicyclic) bond motifs is 1. The van der Waals surface area contributed by atoms with Gasteiger partial charge in [0, 0.05) is 24.0 Å². The highest BCUT2D eigenvalue weighted by atomic mass is 19.4. The number of H-pyrrole nitrogens is 1. The normalized spacial score (nSPS) is 12.6. The third kappa shape index (κ3) is 3.26. The van der Waals surface area contributed by atoms with Crippen LogP contribution in [0.4, 0.5) is 13.2 Å². The second-order valence-corrected chi connectivity index (χ2v) is 7.33. The topological polar surface area (TPSA) is 107 Å². The number of aromatic amines is 1. The van der Waals surface area contributed by atoms with Gasteiger partial charge >= 0.3 is 6.18 Å². The van der Waals surface area contributed by atoms with Crippen LogP contribution in [0.2, 0.25) is 0 Å². The van der Waals surface area contributed by atoms with E-state index < -0.39 is 17.4 Å². The van der Waals surface area contributed by atoms with Gasteiger partial charge in [-0.15, -0.1) is 0 Å². The van der Waals surface area contributed by atoms with Crippen molar-refractivity contribution < 1.29 is 18.0 Å². The van der Waals surface area contributed by atoms with Crippen LogP contribution in [-0.4, -0.2) is 45.0 Å². The first-order chi connectivity index (χ1) is 13.6. The summed E-state index contributed by atoms with van der Waals surface area (Å²) in [7, 11) is 0. The SMILES string of the molecule is CC(C)(C)C(=O)n1cnc(-c2c(-c3n[nH]c(C(F)(F)F)n3)nc3ncccn23)c1. The lowest BCUT2D eigenvalue weighted by Gasteiger charge is -2.16. The highest BCUT2D eigenvalue weighted by molar-refractivity contribution is 5.85. The summed E-state index contributed by atoms with van der Waals surface area (Å²) in [5, 5.41) is 5.53. The molecule has 0 fully saturated rings. The predicted octanol–water partition coefficient (Wildman–Crippen LogP) is 3.08. The fourth-order valence-electron chi connectivity index (χ4n) is 2.73. The molecule has 9 nitrogen and oxygen atoms in total. The second-order valence-electron chi connectivity index (χ2n) is 7.33.